The smallest absolute Gasteiger partial charge is 0.256 e. The monoisotopic (exact) mass is 471 g/mol. The van der Waals surface area contributed by atoms with E-state index in [1.165, 1.54) is 5.56 Å². The molecule has 0 saturated heterocycles. The second-order valence-electron chi connectivity index (χ2n) is 8.22. The van der Waals surface area contributed by atoms with Gasteiger partial charge in [0.2, 0.25) is 11.1 Å². The van der Waals surface area contributed by atoms with Crippen LogP contribution in [-0.2, 0) is 10.5 Å². The van der Waals surface area contributed by atoms with Crippen LogP contribution < -0.4 is 10.6 Å². The number of furan rings is 1. The minimum atomic E-state index is -0.532. The standard InChI is InChI=1S/C26H25N5O2S/c1-16-9-7-12-20(17(16)2)28-24(32)22-18(3)27-25-29-26(34-15-19-10-5-4-6-11-19)30-31(25)23(22)21-13-8-14-33-21/h4-14,23H,15H2,1-3H3,(H,28,32)(H,27,29,30). The lowest BCUT2D eigenvalue weighted by atomic mass is 9.99. The molecule has 172 valence electrons. The van der Waals surface area contributed by atoms with Gasteiger partial charge in [0.1, 0.15) is 11.8 Å². The van der Waals surface area contributed by atoms with Gasteiger partial charge < -0.3 is 15.1 Å². The van der Waals surface area contributed by atoms with E-state index in [1.54, 1.807) is 22.7 Å². The number of carbonyl (C=O) groups excluding carboxylic acids is 1. The minimum absolute atomic E-state index is 0.209. The molecule has 1 atom stereocenters. The first-order chi connectivity index (χ1) is 16.5. The Bertz CT molecular complexity index is 1360. The summed E-state index contributed by atoms with van der Waals surface area (Å²) in [5.41, 5.74) is 5.38. The Balaban J connectivity index is 1.47. The Hall–Kier alpha value is -3.78. The molecular formula is C26H25N5O2S. The van der Waals surface area contributed by atoms with Crippen LogP contribution in [0, 0.1) is 13.8 Å². The first-order valence-corrected chi connectivity index (χ1v) is 12.0. The molecule has 0 spiro atoms. The SMILES string of the molecule is CC1=C(C(=O)Nc2cccc(C)c2C)C(c2ccco2)n2nc(SCc3ccccc3)nc2N1. The number of rotatable bonds is 6. The normalized spacial score (nSPS) is 15.1. The molecule has 7 nitrogen and oxygen atoms in total. The molecule has 2 N–H and O–H groups in total. The third-order valence-corrected chi connectivity index (χ3v) is 6.86. The molecule has 0 bridgehead atoms. The van der Waals surface area contributed by atoms with Gasteiger partial charge in [-0.1, -0.05) is 54.2 Å². The molecule has 1 unspecified atom stereocenters. The summed E-state index contributed by atoms with van der Waals surface area (Å²) in [4.78, 5) is 18.2. The van der Waals surface area contributed by atoms with Gasteiger partial charge in [0.25, 0.3) is 5.91 Å². The molecule has 2 aromatic heterocycles. The molecule has 1 aliphatic rings. The Morgan fingerprint density at radius 2 is 1.91 bits per heavy atom. The highest BCUT2D eigenvalue weighted by atomic mass is 32.2. The number of fused-ring (bicyclic) bond motifs is 1. The number of anilines is 2. The lowest BCUT2D eigenvalue weighted by Crippen LogP contribution is -2.31. The van der Waals surface area contributed by atoms with Crippen LogP contribution in [-0.4, -0.2) is 20.7 Å². The van der Waals surface area contributed by atoms with Gasteiger partial charge in [-0.2, -0.15) is 4.98 Å². The van der Waals surface area contributed by atoms with Crippen molar-refractivity contribution < 1.29 is 9.21 Å². The lowest BCUT2D eigenvalue weighted by molar-refractivity contribution is -0.113. The van der Waals surface area contributed by atoms with E-state index in [2.05, 4.69) is 27.8 Å². The van der Waals surface area contributed by atoms with Crippen LogP contribution in [0.15, 0.2) is 87.8 Å². The predicted octanol–water partition coefficient (Wildman–Crippen LogP) is 5.71. The lowest BCUT2D eigenvalue weighted by Gasteiger charge is -2.27. The van der Waals surface area contributed by atoms with E-state index in [9.17, 15) is 4.79 Å². The van der Waals surface area contributed by atoms with Crippen molar-refractivity contribution in [1.29, 1.82) is 0 Å². The third-order valence-electron chi connectivity index (χ3n) is 5.95. The largest absolute Gasteiger partial charge is 0.467 e. The molecule has 0 saturated carbocycles. The summed E-state index contributed by atoms with van der Waals surface area (Å²) in [6.45, 7) is 5.91. The van der Waals surface area contributed by atoms with Gasteiger partial charge in [0.15, 0.2) is 0 Å². The van der Waals surface area contributed by atoms with E-state index >= 15 is 0 Å². The zero-order valence-corrected chi connectivity index (χ0v) is 20.0. The molecule has 4 aromatic rings. The zero-order valence-electron chi connectivity index (χ0n) is 19.2. The molecule has 0 fully saturated rings. The van der Waals surface area contributed by atoms with Crippen LogP contribution >= 0.6 is 11.8 Å². The molecule has 1 amide bonds. The fourth-order valence-electron chi connectivity index (χ4n) is 3.99. The van der Waals surface area contributed by atoms with E-state index in [0.717, 1.165) is 22.6 Å². The molecular weight excluding hydrogens is 446 g/mol. The van der Waals surface area contributed by atoms with Crippen LogP contribution in [0.2, 0.25) is 0 Å². The Morgan fingerprint density at radius 3 is 2.68 bits per heavy atom. The van der Waals surface area contributed by atoms with Crippen LogP contribution in [0.4, 0.5) is 11.6 Å². The number of benzene rings is 2. The molecule has 2 aromatic carbocycles. The van der Waals surface area contributed by atoms with E-state index < -0.39 is 6.04 Å². The Labute approximate surface area is 202 Å². The summed E-state index contributed by atoms with van der Waals surface area (Å²) in [7, 11) is 0. The predicted molar refractivity (Wildman–Crippen MR) is 134 cm³/mol. The fourth-order valence-corrected chi connectivity index (χ4v) is 4.78. The highest BCUT2D eigenvalue weighted by molar-refractivity contribution is 7.98. The number of aromatic nitrogens is 3. The number of nitrogens with zero attached hydrogens (tertiary/aromatic N) is 3. The van der Waals surface area contributed by atoms with Crippen molar-refractivity contribution in [2.75, 3.05) is 10.6 Å². The van der Waals surface area contributed by atoms with Gasteiger partial charge >= 0.3 is 0 Å². The second kappa shape index (κ2) is 9.23. The molecule has 0 radical (unpaired) electrons. The zero-order chi connectivity index (χ0) is 23.7. The highest BCUT2D eigenvalue weighted by Crippen LogP contribution is 2.37. The van der Waals surface area contributed by atoms with Crippen molar-refractivity contribution in [2.24, 2.45) is 0 Å². The Kier molecular flexibility index (Phi) is 5.98. The molecule has 3 heterocycles. The van der Waals surface area contributed by atoms with Gasteiger partial charge in [-0.05, 0) is 55.7 Å². The van der Waals surface area contributed by atoms with Gasteiger partial charge in [-0.25, -0.2) is 4.68 Å². The fraction of sp³-hybridized carbons (Fsp3) is 0.192. The third kappa shape index (κ3) is 4.24. The first-order valence-electron chi connectivity index (χ1n) is 11.0. The average molecular weight is 472 g/mol. The van der Waals surface area contributed by atoms with E-state index in [4.69, 9.17) is 9.52 Å². The first kappa shape index (κ1) is 22.0. The number of nitrogens with one attached hydrogen (secondary N) is 2. The topological polar surface area (TPSA) is 85.0 Å². The maximum absolute atomic E-state index is 13.6. The number of hydrogen-bond donors (Lipinski definition) is 2. The highest BCUT2D eigenvalue weighted by Gasteiger charge is 2.36. The van der Waals surface area contributed by atoms with Gasteiger partial charge in [0, 0.05) is 17.1 Å². The summed E-state index contributed by atoms with van der Waals surface area (Å²) in [5.74, 6) is 1.75. The average Bonchev–Trinajstić information content (AvgIpc) is 3.50. The number of aryl methyl sites for hydroxylation is 1. The molecule has 34 heavy (non-hydrogen) atoms. The van der Waals surface area contributed by atoms with Crippen LogP contribution in [0.5, 0.6) is 0 Å². The quantitative estimate of drug-likeness (QED) is 0.351. The maximum atomic E-state index is 13.6. The number of allylic oxidation sites excluding steroid dienone is 1. The second-order valence-corrected chi connectivity index (χ2v) is 9.16. The van der Waals surface area contributed by atoms with Crippen molar-refractivity contribution in [3.8, 4) is 0 Å². The summed E-state index contributed by atoms with van der Waals surface area (Å²) >= 11 is 1.55. The van der Waals surface area contributed by atoms with Gasteiger partial charge in [0.05, 0.1) is 11.8 Å². The maximum Gasteiger partial charge on any atom is 0.256 e. The molecule has 5 rings (SSSR count). The number of hydrogen-bond acceptors (Lipinski definition) is 6. The molecule has 0 aliphatic carbocycles. The number of thioether (sulfide) groups is 1. The van der Waals surface area contributed by atoms with E-state index in [1.807, 2.05) is 69.3 Å². The van der Waals surface area contributed by atoms with E-state index in [0.29, 0.717) is 28.1 Å². The summed E-state index contributed by atoms with van der Waals surface area (Å²) in [6, 6.07) is 19.2. The van der Waals surface area contributed by atoms with Crippen molar-refractivity contribution in [1.82, 2.24) is 14.8 Å². The van der Waals surface area contributed by atoms with Crippen LogP contribution in [0.3, 0.4) is 0 Å². The van der Waals surface area contributed by atoms with Crippen molar-refractivity contribution in [3.63, 3.8) is 0 Å². The summed E-state index contributed by atoms with van der Waals surface area (Å²) in [6.07, 6.45) is 1.61. The van der Waals surface area contributed by atoms with E-state index in [-0.39, 0.29) is 5.91 Å². The number of carbonyl (C=O) groups is 1. The summed E-state index contributed by atoms with van der Waals surface area (Å²) in [5, 5.41) is 11.7. The Morgan fingerprint density at radius 1 is 1.09 bits per heavy atom. The van der Waals surface area contributed by atoms with Crippen molar-refractivity contribution >= 4 is 29.3 Å². The summed E-state index contributed by atoms with van der Waals surface area (Å²) < 4.78 is 7.49. The van der Waals surface area contributed by atoms with Crippen LogP contribution in [0.25, 0.3) is 0 Å². The molecule has 1 aliphatic heterocycles. The van der Waals surface area contributed by atoms with Crippen molar-refractivity contribution in [2.45, 2.75) is 37.7 Å². The van der Waals surface area contributed by atoms with Crippen molar-refractivity contribution in [3.05, 3.63) is 101 Å². The van der Waals surface area contributed by atoms with Gasteiger partial charge in [-0.15, -0.1) is 5.10 Å². The molecule has 8 heteroatoms. The van der Waals surface area contributed by atoms with Gasteiger partial charge in [-0.3, -0.25) is 4.79 Å². The number of amides is 1. The minimum Gasteiger partial charge on any atom is -0.467 e. The van der Waals surface area contributed by atoms with Crippen LogP contribution in [0.1, 0.15) is 35.4 Å².